The average Bonchev–Trinajstić information content (AvgIpc) is 3.27. The van der Waals surface area contributed by atoms with E-state index in [4.69, 9.17) is 0 Å². The minimum Gasteiger partial charge on any atom is -0.347 e. The molecule has 0 N–H and O–H groups in total. The van der Waals surface area contributed by atoms with E-state index in [2.05, 4.69) is 33.2 Å². The summed E-state index contributed by atoms with van der Waals surface area (Å²) in [6, 6.07) is 2.12. The monoisotopic (exact) mass is 376 g/mol. The molecular weight excluding hydrogens is 352 g/mol. The van der Waals surface area contributed by atoms with E-state index in [1.54, 1.807) is 11.3 Å². The van der Waals surface area contributed by atoms with Crippen LogP contribution in [0.25, 0.3) is 0 Å². The fraction of sp³-hybridized carbons (Fsp3) is 0.556. The molecule has 0 radical (unpaired) electrons. The molecule has 134 valence electrons. The fourth-order valence-corrected chi connectivity index (χ4v) is 5.33. The molecule has 4 rings (SSSR count). The summed E-state index contributed by atoms with van der Waals surface area (Å²) in [5, 5.41) is 5.27. The molecule has 0 saturated carbocycles. The molecule has 1 atom stereocenters. The van der Waals surface area contributed by atoms with Crippen LogP contribution in [0.4, 0.5) is 5.13 Å². The van der Waals surface area contributed by atoms with Crippen LogP contribution in [0, 0.1) is 0 Å². The van der Waals surface area contributed by atoms with Gasteiger partial charge in [0.1, 0.15) is 0 Å². The van der Waals surface area contributed by atoms with Crippen molar-refractivity contribution in [1.82, 2.24) is 14.8 Å². The minimum atomic E-state index is -0.0450. The van der Waals surface area contributed by atoms with Gasteiger partial charge in [0.05, 0.1) is 6.04 Å². The van der Waals surface area contributed by atoms with Crippen molar-refractivity contribution in [3.05, 3.63) is 33.5 Å². The number of aromatic nitrogens is 1. The topological polar surface area (TPSA) is 39.7 Å². The molecule has 2 aliphatic rings. The molecule has 5 nitrogen and oxygen atoms in total. The maximum absolute atomic E-state index is 13.0. The van der Waals surface area contributed by atoms with Gasteiger partial charge in [0.2, 0.25) is 5.91 Å². The first kappa shape index (κ1) is 17.0. The maximum atomic E-state index is 13.0. The van der Waals surface area contributed by atoms with E-state index in [1.165, 1.54) is 10.4 Å². The van der Waals surface area contributed by atoms with Crippen LogP contribution in [0.15, 0.2) is 23.0 Å². The third kappa shape index (κ3) is 3.59. The Morgan fingerprint density at radius 2 is 2.08 bits per heavy atom. The van der Waals surface area contributed by atoms with E-state index in [-0.39, 0.29) is 11.9 Å². The smallest absolute Gasteiger partial charge is 0.239 e. The lowest BCUT2D eigenvalue weighted by Crippen LogP contribution is -2.49. The molecule has 2 aromatic rings. The molecule has 2 aromatic heterocycles. The second-order valence-corrected chi connectivity index (χ2v) is 8.62. The SMILES string of the molecule is CC(C(=O)N1CCc2sccc2C1)N1CCCN(c2nccs2)CC1. The number of fused-ring (bicyclic) bond motifs is 1. The van der Waals surface area contributed by atoms with Crippen molar-refractivity contribution in [2.75, 3.05) is 37.6 Å². The van der Waals surface area contributed by atoms with Crippen LogP contribution in [-0.2, 0) is 17.8 Å². The first-order valence-electron chi connectivity index (χ1n) is 8.95. The summed E-state index contributed by atoms with van der Waals surface area (Å²) in [6.07, 6.45) is 3.94. The van der Waals surface area contributed by atoms with Gasteiger partial charge in [-0.1, -0.05) is 0 Å². The fourth-order valence-electron chi connectivity index (χ4n) is 3.75. The summed E-state index contributed by atoms with van der Waals surface area (Å²) in [7, 11) is 0. The van der Waals surface area contributed by atoms with E-state index in [1.807, 2.05) is 27.8 Å². The lowest BCUT2D eigenvalue weighted by atomic mass is 10.1. The Morgan fingerprint density at radius 1 is 1.16 bits per heavy atom. The van der Waals surface area contributed by atoms with Gasteiger partial charge in [-0.2, -0.15) is 0 Å². The maximum Gasteiger partial charge on any atom is 0.239 e. The second-order valence-electron chi connectivity index (χ2n) is 6.75. The number of hydrogen-bond acceptors (Lipinski definition) is 6. The van der Waals surface area contributed by atoms with Gasteiger partial charge in [-0.15, -0.1) is 22.7 Å². The van der Waals surface area contributed by atoms with Crippen molar-refractivity contribution in [3.8, 4) is 0 Å². The highest BCUT2D eigenvalue weighted by Gasteiger charge is 2.30. The molecule has 0 aliphatic carbocycles. The number of thiophene rings is 1. The van der Waals surface area contributed by atoms with E-state index in [0.717, 1.165) is 57.2 Å². The van der Waals surface area contributed by atoms with Crippen molar-refractivity contribution >= 4 is 33.7 Å². The summed E-state index contributed by atoms with van der Waals surface area (Å²) in [4.78, 5) is 25.6. The summed E-state index contributed by atoms with van der Waals surface area (Å²) in [6.45, 7) is 7.57. The number of nitrogens with zero attached hydrogens (tertiary/aromatic N) is 4. The molecule has 0 bridgehead atoms. The van der Waals surface area contributed by atoms with Crippen LogP contribution in [-0.4, -0.2) is 59.5 Å². The van der Waals surface area contributed by atoms with Gasteiger partial charge < -0.3 is 9.80 Å². The number of rotatable bonds is 3. The molecule has 7 heteroatoms. The summed E-state index contributed by atoms with van der Waals surface area (Å²) in [5.74, 6) is 0.277. The Morgan fingerprint density at radius 3 is 2.92 bits per heavy atom. The Bertz CT molecular complexity index is 714. The zero-order valence-corrected chi connectivity index (χ0v) is 16.2. The van der Waals surface area contributed by atoms with Crippen LogP contribution in [0.2, 0.25) is 0 Å². The van der Waals surface area contributed by atoms with E-state index >= 15 is 0 Å². The predicted octanol–water partition coefficient (Wildman–Crippen LogP) is 2.69. The molecular formula is C18H24N4OS2. The zero-order valence-electron chi connectivity index (χ0n) is 14.6. The highest BCUT2D eigenvalue weighted by Crippen LogP contribution is 2.25. The molecule has 1 saturated heterocycles. The summed E-state index contributed by atoms with van der Waals surface area (Å²) < 4.78 is 0. The first-order valence-corrected chi connectivity index (χ1v) is 10.7. The summed E-state index contributed by atoms with van der Waals surface area (Å²) in [5.41, 5.74) is 1.34. The van der Waals surface area contributed by atoms with Crippen LogP contribution < -0.4 is 4.90 Å². The number of carbonyl (C=O) groups excluding carboxylic acids is 1. The van der Waals surface area contributed by atoms with Gasteiger partial charge in [-0.05, 0) is 36.8 Å². The van der Waals surface area contributed by atoms with E-state index in [9.17, 15) is 4.79 Å². The molecule has 0 aromatic carbocycles. The van der Waals surface area contributed by atoms with Crippen LogP contribution in [0.3, 0.4) is 0 Å². The highest BCUT2D eigenvalue weighted by atomic mass is 32.1. The zero-order chi connectivity index (χ0) is 17.2. The average molecular weight is 377 g/mol. The summed E-state index contributed by atoms with van der Waals surface area (Å²) >= 11 is 3.51. The molecule has 2 aliphatic heterocycles. The quantitative estimate of drug-likeness (QED) is 0.826. The van der Waals surface area contributed by atoms with Crippen molar-refractivity contribution in [3.63, 3.8) is 0 Å². The number of amides is 1. The largest absolute Gasteiger partial charge is 0.347 e. The minimum absolute atomic E-state index is 0.0450. The second kappa shape index (κ2) is 7.43. The molecule has 25 heavy (non-hydrogen) atoms. The third-order valence-corrected chi connectivity index (χ3v) is 7.10. The van der Waals surface area contributed by atoms with Crippen molar-refractivity contribution in [2.45, 2.75) is 32.4 Å². The van der Waals surface area contributed by atoms with Gasteiger partial charge in [0, 0.05) is 55.7 Å². The third-order valence-electron chi connectivity index (χ3n) is 5.24. The van der Waals surface area contributed by atoms with Crippen LogP contribution in [0.5, 0.6) is 0 Å². The number of carbonyl (C=O) groups is 1. The van der Waals surface area contributed by atoms with Crippen LogP contribution >= 0.6 is 22.7 Å². The van der Waals surface area contributed by atoms with Crippen LogP contribution in [0.1, 0.15) is 23.8 Å². The Hall–Kier alpha value is -1.44. The standard InChI is InChI=1S/C18H24N4OS2/c1-14(17(23)22-8-3-16-15(13-22)4-11-24-16)20-6-2-7-21(10-9-20)18-19-5-12-25-18/h4-5,11-12,14H,2-3,6-10,13H2,1H3. The molecule has 4 heterocycles. The van der Waals surface area contributed by atoms with E-state index in [0.29, 0.717) is 0 Å². The molecule has 1 unspecified atom stereocenters. The Kier molecular flexibility index (Phi) is 5.05. The molecule has 1 fully saturated rings. The Balaban J connectivity index is 1.37. The number of thiazole rings is 1. The van der Waals surface area contributed by atoms with Gasteiger partial charge in [-0.3, -0.25) is 9.69 Å². The number of anilines is 1. The van der Waals surface area contributed by atoms with Crippen molar-refractivity contribution < 1.29 is 4.79 Å². The molecule has 0 spiro atoms. The predicted molar refractivity (Wildman–Crippen MR) is 103 cm³/mol. The van der Waals surface area contributed by atoms with Gasteiger partial charge in [0.15, 0.2) is 5.13 Å². The van der Waals surface area contributed by atoms with Crippen molar-refractivity contribution in [1.29, 1.82) is 0 Å². The number of hydrogen-bond donors (Lipinski definition) is 0. The molecule has 1 amide bonds. The lowest BCUT2D eigenvalue weighted by Gasteiger charge is -2.34. The van der Waals surface area contributed by atoms with Gasteiger partial charge >= 0.3 is 0 Å². The normalized spacial score (nSPS) is 20.2. The van der Waals surface area contributed by atoms with Gasteiger partial charge in [-0.25, -0.2) is 4.98 Å². The lowest BCUT2D eigenvalue weighted by molar-refractivity contribution is -0.137. The Labute approximate surface area is 156 Å². The van der Waals surface area contributed by atoms with Gasteiger partial charge in [0.25, 0.3) is 0 Å². The van der Waals surface area contributed by atoms with E-state index < -0.39 is 0 Å². The highest BCUT2D eigenvalue weighted by molar-refractivity contribution is 7.13. The first-order chi connectivity index (χ1) is 12.2. The van der Waals surface area contributed by atoms with Crippen molar-refractivity contribution in [2.24, 2.45) is 0 Å².